The monoisotopic (exact) mass is 256 g/mol. The van der Waals surface area contributed by atoms with Gasteiger partial charge >= 0.3 is 0 Å². The molecule has 1 aromatic rings. The number of amides is 1. The topological polar surface area (TPSA) is 44.1 Å². The van der Waals surface area contributed by atoms with Crippen LogP contribution in [0.1, 0.15) is 49.0 Å². The normalized spacial score (nSPS) is 14.2. The molecule has 0 aromatic heterocycles. The first-order valence-corrected chi connectivity index (χ1v) is 6.93. The Bertz CT molecular complexity index is 480. The minimum absolute atomic E-state index is 0.104. The van der Waals surface area contributed by atoms with Gasteiger partial charge in [-0.2, -0.15) is 5.26 Å². The number of carbonyl (C=O) groups is 1. The van der Waals surface area contributed by atoms with Crippen LogP contribution in [0.3, 0.4) is 0 Å². The summed E-state index contributed by atoms with van der Waals surface area (Å²) in [7, 11) is 0. The van der Waals surface area contributed by atoms with Crippen molar-refractivity contribution in [3.05, 3.63) is 35.4 Å². The van der Waals surface area contributed by atoms with Crippen LogP contribution in [0.25, 0.3) is 0 Å². The molecule has 1 aliphatic rings. The predicted octanol–water partition coefficient (Wildman–Crippen LogP) is 3.21. The average Bonchev–Trinajstić information content (AvgIpc) is 3.23. The highest BCUT2D eigenvalue weighted by Crippen LogP contribution is 2.29. The van der Waals surface area contributed by atoms with Crippen molar-refractivity contribution < 1.29 is 4.79 Å². The smallest absolute Gasteiger partial charge is 0.254 e. The van der Waals surface area contributed by atoms with E-state index in [1.54, 1.807) is 24.3 Å². The second-order valence-electron chi connectivity index (χ2n) is 5.60. The summed E-state index contributed by atoms with van der Waals surface area (Å²) in [4.78, 5) is 14.5. The Kier molecular flexibility index (Phi) is 4.21. The first kappa shape index (κ1) is 13.6. The first-order valence-electron chi connectivity index (χ1n) is 6.93. The van der Waals surface area contributed by atoms with Gasteiger partial charge in [-0.1, -0.05) is 13.8 Å². The molecule has 0 bridgehead atoms. The molecule has 0 unspecified atom stereocenters. The fourth-order valence-electron chi connectivity index (χ4n) is 2.09. The van der Waals surface area contributed by atoms with Crippen molar-refractivity contribution in [2.75, 3.05) is 6.54 Å². The summed E-state index contributed by atoms with van der Waals surface area (Å²) < 4.78 is 0. The third-order valence-electron chi connectivity index (χ3n) is 3.46. The third kappa shape index (κ3) is 3.57. The van der Waals surface area contributed by atoms with E-state index in [0.29, 0.717) is 23.1 Å². The van der Waals surface area contributed by atoms with Crippen molar-refractivity contribution in [1.29, 1.82) is 5.26 Å². The molecular formula is C16H20N2O. The van der Waals surface area contributed by atoms with E-state index in [4.69, 9.17) is 5.26 Å². The first-order chi connectivity index (χ1) is 9.11. The molecule has 3 nitrogen and oxygen atoms in total. The maximum Gasteiger partial charge on any atom is 0.254 e. The Morgan fingerprint density at radius 1 is 1.37 bits per heavy atom. The van der Waals surface area contributed by atoms with Crippen LogP contribution in [0, 0.1) is 17.2 Å². The number of rotatable bonds is 5. The van der Waals surface area contributed by atoms with Gasteiger partial charge in [-0.15, -0.1) is 0 Å². The molecule has 1 saturated carbocycles. The van der Waals surface area contributed by atoms with E-state index in [0.717, 1.165) is 25.8 Å². The van der Waals surface area contributed by atoms with Gasteiger partial charge in [0.25, 0.3) is 5.91 Å². The molecule has 0 aliphatic heterocycles. The van der Waals surface area contributed by atoms with E-state index in [-0.39, 0.29) is 5.91 Å². The van der Waals surface area contributed by atoms with Crippen molar-refractivity contribution in [2.45, 2.75) is 39.2 Å². The average molecular weight is 256 g/mol. The fourth-order valence-corrected chi connectivity index (χ4v) is 2.09. The minimum Gasteiger partial charge on any atom is -0.336 e. The highest BCUT2D eigenvalue weighted by Gasteiger charge is 2.32. The van der Waals surface area contributed by atoms with Gasteiger partial charge in [-0.3, -0.25) is 4.79 Å². The van der Waals surface area contributed by atoms with E-state index in [1.165, 1.54) is 0 Å². The molecule has 0 heterocycles. The van der Waals surface area contributed by atoms with Crippen molar-refractivity contribution in [3.63, 3.8) is 0 Å². The second kappa shape index (κ2) is 5.88. The van der Waals surface area contributed by atoms with Crippen LogP contribution in [-0.2, 0) is 0 Å². The molecule has 0 radical (unpaired) electrons. The van der Waals surface area contributed by atoms with Gasteiger partial charge in [0.05, 0.1) is 11.6 Å². The molecule has 0 spiro atoms. The molecule has 1 aromatic carbocycles. The lowest BCUT2D eigenvalue weighted by atomic mass is 10.1. The number of nitrogens with zero attached hydrogens (tertiary/aromatic N) is 2. The Hall–Kier alpha value is -1.82. The lowest BCUT2D eigenvalue weighted by Gasteiger charge is -2.23. The van der Waals surface area contributed by atoms with Crippen molar-refractivity contribution in [2.24, 2.45) is 5.92 Å². The van der Waals surface area contributed by atoms with E-state index >= 15 is 0 Å². The van der Waals surface area contributed by atoms with Crippen LogP contribution in [-0.4, -0.2) is 23.4 Å². The Labute approximate surface area is 114 Å². The summed E-state index contributed by atoms with van der Waals surface area (Å²) in [6.45, 7) is 5.19. The Morgan fingerprint density at radius 3 is 2.47 bits per heavy atom. The number of hydrogen-bond acceptors (Lipinski definition) is 2. The predicted molar refractivity (Wildman–Crippen MR) is 74.7 cm³/mol. The van der Waals surface area contributed by atoms with Crippen molar-refractivity contribution in [1.82, 2.24) is 4.90 Å². The third-order valence-corrected chi connectivity index (χ3v) is 3.46. The molecule has 1 fully saturated rings. The zero-order valence-electron chi connectivity index (χ0n) is 11.6. The summed E-state index contributed by atoms with van der Waals surface area (Å²) in [5.74, 6) is 0.711. The van der Waals surface area contributed by atoms with Crippen LogP contribution in [0.4, 0.5) is 0 Å². The standard InChI is InChI=1S/C16H20N2O/c1-12(2)9-10-18(15-7-8-15)16(19)14-5-3-13(11-17)4-6-14/h3-6,12,15H,7-10H2,1-2H3. The van der Waals surface area contributed by atoms with E-state index in [2.05, 4.69) is 19.9 Å². The number of nitriles is 1. The van der Waals surface area contributed by atoms with Crippen LogP contribution < -0.4 is 0 Å². The maximum absolute atomic E-state index is 12.5. The molecule has 1 amide bonds. The van der Waals surface area contributed by atoms with Crippen LogP contribution in [0.15, 0.2) is 24.3 Å². The molecule has 19 heavy (non-hydrogen) atoms. The maximum atomic E-state index is 12.5. The lowest BCUT2D eigenvalue weighted by molar-refractivity contribution is 0.0735. The molecule has 100 valence electrons. The lowest BCUT2D eigenvalue weighted by Crippen LogP contribution is -2.34. The summed E-state index contributed by atoms with van der Waals surface area (Å²) in [6, 6.07) is 9.43. The van der Waals surface area contributed by atoms with Crippen LogP contribution in [0.5, 0.6) is 0 Å². The molecule has 0 N–H and O–H groups in total. The van der Waals surface area contributed by atoms with E-state index in [9.17, 15) is 4.79 Å². The van der Waals surface area contributed by atoms with E-state index in [1.807, 2.05) is 4.90 Å². The molecule has 3 heteroatoms. The van der Waals surface area contributed by atoms with Gasteiger partial charge in [0.15, 0.2) is 0 Å². The van der Waals surface area contributed by atoms with Gasteiger partial charge in [0, 0.05) is 18.2 Å². The minimum atomic E-state index is 0.104. The van der Waals surface area contributed by atoms with Gasteiger partial charge in [0.2, 0.25) is 0 Å². The molecular weight excluding hydrogens is 236 g/mol. The Balaban J connectivity index is 2.07. The van der Waals surface area contributed by atoms with Gasteiger partial charge in [-0.25, -0.2) is 0 Å². The number of carbonyl (C=O) groups excluding carboxylic acids is 1. The SMILES string of the molecule is CC(C)CCN(C(=O)c1ccc(C#N)cc1)C1CC1. The van der Waals surface area contributed by atoms with Crippen LogP contribution >= 0.6 is 0 Å². The van der Waals surface area contributed by atoms with Gasteiger partial charge in [0.1, 0.15) is 0 Å². The highest BCUT2D eigenvalue weighted by atomic mass is 16.2. The van der Waals surface area contributed by atoms with E-state index < -0.39 is 0 Å². The van der Waals surface area contributed by atoms with Gasteiger partial charge in [-0.05, 0) is 49.4 Å². The van der Waals surface area contributed by atoms with Crippen molar-refractivity contribution in [3.8, 4) is 6.07 Å². The zero-order valence-corrected chi connectivity index (χ0v) is 11.6. The zero-order chi connectivity index (χ0) is 13.8. The quantitative estimate of drug-likeness (QED) is 0.812. The molecule has 2 rings (SSSR count). The summed E-state index contributed by atoms with van der Waals surface area (Å²) in [5, 5.41) is 8.77. The molecule has 0 atom stereocenters. The fraction of sp³-hybridized carbons (Fsp3) is 0.500. The summed E-state index contributed by atoms with van der Waals surface area (Å²) in [6.07, 6.45) is 3.29. The number of benzene rings is 1. The molecule has 1 aliphatic carbocycles. The van der Waals surface area contributed by atoms with Crippen LogP contribution in [0.2, 0.25) is 0 Å². The highest BCUT2D eigenvalue weighted by molar-refractivity contribution is 5.94. The molecule has 0 saturated heterocycles. The van der Waals surface area contributed by atoms with Gasteiger partial charge < -0.3 is 4.90 Å². The summed E-state index contributed by atoms with van der Waals surface area (Å²) >= 11 is 0. The van der Waals surface area contributed by atoms with Crippen molar-refractivity contribution >= 4 is 5.91 Å². The largest absolute Gasteiger partial charge is 0.336 e. The summed E-state index contributed by atoms with van der Waals surface area (Å²) in [5.41, 5.74) is 1.28. The second-order valence-corrected chi connectivity index (χ2v) is 5.60. The Morgan fingerprint density at radius 2 is 2.00 bits per heavy atom. The number of hydrogen-bond donors (Lipinski definition) is 0.